The topological polar surface area (TPSA) is 276 Å². The number of hydrogen-bond acceptors (Lipinski definition) is 15. The summed E-state index contributed by atoms with van der Waals surface area (Å²) in [6, 6.07) is 37.4. The number of anilines is 2. The van der Waals surface area contributed by atoms with E-state index in [2.05, 4.69) is 96.0 Å². The summed E-state index contributed by atoms with van der Waals surface area (Å²) in [5.74, 6) is 0.656. The largest absolute Gasteiger partial charge is 0.480 e. The van der Waals surface area contributed by atoms with E-state index in [1.807, 2.05) is 60.7 Å². The van der Waals surface area contributed by atoms with Crippen LogP contribution in [0.15, 0.2) is 134 Å². The number of nitrogens with two attached hydrogens (primary N) is 1. The minimum atomic E-state index is -1.00. The number of para-hydroxylation sites is 4. The van der Waals surface area contributed by atoms with Crippen molar-refractivity contribution >= 4 is 110 Å². The number of amides is 2. The lowest BCUT2D eigenvalue weighted by Gasteiger charge is -2.31. The lowest BCUT2D eigenvalue weighted by molar-refractivity contribution is -0.142. The van der Waals surface area contributed by atoms with Crippen molar-refractivity contribution in [1.29, 1.82) is 0 Å². The fraction of sp³-hybridized carbons (Fsp3) is 0.400. The second-order valence-corrected chi connectivity index (χ2v) is 24.2. The molecule has 4 fully saturated rings. The van der Waals surface area contributed by atoms with Crippen molar-refractivity contribution in [3.63, 3.8) is 0 Å². The summed E-state index contributed by atoms with van der Waals surface area (Å²) in [7, 11) is -1.00. The molecule has 4 aromatic carbocycles. The van der Waals surface area contributed by atoms with Crippen molar-refractivity contribution in [3.8, 4) is 33.9 Å². The van der Waals surface area contributed by atoms with Gasteiger partial charge >= 0.3 is 35.2 Å². The number of likely N-dealkylation sites (tertiary alicyclic amines) is 1. The highest BCUT2D eigenvalue weighted by Gasteiger charge is 2.37. The van der Waals surface area contributed by atoms with Crippen LogP contribution in [0.1, 0.15) is 112 Å². The second-order valence-electron chi connectivity index (χ2n) is 23.1. The molecule has 0 radical (unpaired) electrons. The minimum Gasteiger partial charge on any atom is -0.480 e. The van der Waals surface area contributed by atoms with Gasteiger partial charge in [0.1, 0.15) is 11.6 Å². The second kappa shape index (κ2) is 35.8. The minimum absolute atomic E-state index is 0. The van der Waals surface area contributed by atoms with Gasteiger partial charge in [0, 0.05) is 82.3 Å². The summed E-state index contributed by atoms with van der Waals surface area (Å²) in [5, 5.41) is 22.5. The highest BCUT2D eigenvalue weighted by Crippen LogP contribution is 2.38. The number of benzene rings is 4. The van der Waals surface area contributed by atoms with Gasteiger partial charge in [-0.15, -0.1) is 12.4 Å². The quantitative estimate of drug-likeness (QED) is 0.0805. The summed E-state index contributed by atoms with van der Waals surface area (Å²) in [5.41, 5.74) is 13.4. The van der Waals surface area contributed by atoms with Crippen LogP contribution in [-0.2, 0) is 37.5 Å². The molecule has 0 unspecified atom stereocenters. The average Bonchev–Trinajstić information content (AvgIpc) is 1.64. The SMILES string of the molecule is CC(C)(C)OC(=O)N1CCC[C@H]1C(=O)O.Cl.N[C@H]1CCC[C@@H](Nc2ncc(Cl)c(-c3cn(-c4ccccc4)c4ccccc34)n2)C1.O=C(N[C@H]1CCC[C@@H](Nc2ncc(Cl)c(-c3cn(-c4ccccc4)c4ccccc34)n2)C1)C1CCCC1.O=S=O.O=S=O.[2H]CF. The third-order valence-corrected chi connectivity index (χ3v) is 16.3. The van der Waals surface area contributed by atoms with Crippen molar-refractivity contribution in [2.45, 2.75) is 146 Å². The molecule has 5 atom stereocenters. The summed E-state index contributed by atoms with van der Waals surface area (Å²) in [6.07, 6.45) is 20.9. The smallest absolute Gasteiger partial charge is 0.411 e. The molecule has 12 rings (SSSR count). The molecule has 486 valence electrons. The first-order valence-corrected chi connectivity index (χ1v) is 31.9. The molecule has 4 aliphatic rings. The number of alkyl halides is 1. The number of carbonyl (C=O) groups is 3. The van der Waals surface area contributed by atoms with E-state index in [9.17, 15) is 18.8 Å². The van der Waals surface area contributed by atoms with Crippen LogP contribution in [0.3, 0.4) is 0 Å². The Bertz CT molecular complexity index is 3750. The number of rotatable bonds is 11. The molecule has 1 saturated heterocycles. The van der Waals surface area contributed by atoms with Gasteiger partial charge in [0.2, 0.25) is 17.8 Å². The molecule has 4 aromatic heterocycles. The van der Waals surface area contributed by atoms with Crippen molar-refractivity contribution in [3.05, 3.63) is 144 Å². The molecule has 1 aliphatic heterocycles. The van der Waals surface area contributed by atoms with Gasteiger partial charge in [0.05, 0.1) is 53.4 Å². The van der Waals surface area contributed by atoms with E-state index in [0.29, 0.717) is 46.6 Å². The summed E-state index contributed by atoms with van der Waals surface area (Å²) >= 11 is 11.7. The van der Waals surface area contributed by atoms with Crippen LogP contribution in [0.25, 0.3) is 55.7 Å². The molecule has 0 bridgehead atoms. The van der Waals surface area contributed by atoms with Gasteiger partial charge < -0.3 is 40.7 Å². The number of aliphatic carboxylic acids is 1. The summed E-state index contributed by atoms with van der Waals surface area (Å²) in [6.45, 7) is 5.75. The molecule has 0 spiro atoms. The monoisotopic (exact) mass is 1340 g/mol. The molecular formula is C65H77Cl3FN11O9S2. The molecule has 26 heteroatoms. The third kappa shape index (κ3) is 20.2. The Hall–Kier alpha value is -7.67. The Kier molecular flexibility index (Phi) is 27.8. The lowest BCUT2D eigenvalue weighted by Crippen LogP contribution is -2.43. The number of nitrogens with one attached hydrogen (secondary N) is 3. The zero-order valence-corrected chi connectivity index (χ0v) is 54.7. The molecule has 6 N–H and O–H groups in total. The standard InChI is InChI=1S/C30H32ClN5O.C24H24ClN5.C10H17NO4.CH3F.ClH.2O2S/c31-26-18-32-30(34-22-12-8-11-21(17-22)33-29(37)20-9-4-5-10-20)35-28(26)25-19-36(23-13-2-1-3-14-23)27-16-7-6-15-24(25)27;25-21-14-27-24(28-17-8-6-7-16(26)13-17)29-23(21)20-15-30(18-9-2-1-3-10-18)22-12-5-4-11-19(20)22;1-10(2,3)15-9(14)11-6-4-5-7(11)8(12)13;1-2;;2*1-3-2/h1-3,6-7,13-16,18-22H,4-5,8-12,17H2,(H,33,37)(H,32,34,35);1-5,9-12,14-17H,6-8,13,26H2,(H,27,28,29);7H,4-6H2,1-3H3,(H,12,13);1H3;1H;;/t21-,22+;16-,17+;7-;;;;/m000..../s1/i;;;1D;;;. The number of nitrogens with zero attached hydrogens (tertiary/aromatic N) is 7. The molecular weight excluding hydrogens is 1270 g/mol. The average molecular weight is 1350 g/mol. The maximum Gasteiger partial charge on any atom is 0.411 e. The zero-order chi connectivity index (χ0) is 65.5. The first-order chi connectivity index (χ1) is 43.9. The van der Waals surface area contributed by atoms with Gasteiger partial charge in [0.15, 0.2) is 0 Å². The fourth-order valence-corrected chi connectivity index (χ4v) is 12.2. The number of carboxylic acid groups (broad SMARTS) is 1. The molecule has 2 amide bonds. The van der Waals surface area contributed by atoms with Gasteiger partial charge in [0.25, 0.3) is 0 Å². The highest BCUT2D eigenvalue weighted by molar-refractivity contribution is 7.52. The van der Waals surface area contributed by atoms with Gasteiger partial charge in [-0.2, -0.15) is 16.8 Å². The van der Waals surface area contributed by atoms with E-state index in [1.54, 1.807) is 33.2 Å². The maximum atomic E-state index is 12.7. The van der Waals surface area contributed by atoms with Crippen LogP contribution in [0.2, 0.25) is 10.0 Å². The fourth-order valence-electron chi connectivity index (χ4n) is 11.8. The molecule has 8 aromatic rings. The van der Waals surface area contributed by atoms with Crippen LogP contribution in [0, 0.1) is 5.92 Å². The number of aromatic nitrogens is 6. The van der Waals surface area contributed by atoms with Gasteiger partial charge in [-0.05, 0) is 134 Å². The predicted molar refractivity (Wildman–Crippen MR) is 358 cm³/mol. The molecule has 3 saturated carbocycles. The number of carbonyl (C=O) groups excluding carboxylic acids is 2. The van der Waals surface area contributed by atoms with Crippen molar-refractivity contribution in [2.75, 3.05) is 24.3 Å². The van der Waals surface area contributed by atoms with Crippen molar-refractivity contribution < 1.29 is 46.8 Å². The number of carboxylic acids is 1. The number of fused-ring (bicyclic) bond motifs is 2. The van der Waals surface area contributed by atoms with E-state index in [4.69, 9.17) is 67.0 Å². The van der Waals surface area contributed by atoms with E-state index >= 15 is 0 Å². The Labute approximate surface area is 553 Å². The van der Waals surface area contributed by atoms with E-state index in [0.717, 1.165) is 121 Å². The highest BCUT2D eigenvalue weighted by atomic mass is 35.5. The lowest BCUT2D eigenvalue weighted by atomic mass is 9.90. The molecule has 20 nitrogen and oxygen atoms in total. The van der Waals surface area contributed by atoms with E-state index < -0.39 is 54.0 Å². The van der Waals surface area contributed by atoms with Crippen LogP contribution < -0.4 is 21.7 Å². The van der Waals surface area contributed by atoms with Gasteiger partial charge in [-0.1, -0.05) is 109 Å². The Morgan fingerprint density at radius 1 is 0.648 bits per heavy atom. The van der Waals surface area contributed by atoms with Crippen molar-refractivity contribution in [1.82, 2.24) is 39.3 Å². The molecule has 5 heterocycles. The van der Waals surface area contributed by atoms with E-state index in [1.165, 1.54) is 17.7 Å². The van der Waals surface area contributed by atoms with Gasteiger partial charge in [-0.25, -0.2) is 29.5 Å². The predicted octanol–water partition coefficient (Wildman–Crippen LogP) is 13.3. The molecule has 91 heavy (non-hydrogen) atoms. The van der Waals surface area contributed by atoms with E-state index in [-0.39, 0.29) is 42.4 Å². The van der Waals surface area contributed by atoms with Crippen molar-refractivity contribution in [2.24, 2.45) is 11.7 Å². The Morgan fingerprint density at radius 3 is 1.55 bits per heavy atom. The van der Waals surface area contributed by atoms with Gasteiger partial charge in [-0.3, -0.25) is 14.1 Å². The van der Waals surface area contributed by atoms with Crippen LogP contribution in [0.4, 0.5) is 21.1 Å². The Balaban J connectivity index is 0.000000218. The van der Waals surface area contributed by atoms with Crippen LogP contribution >= 0.6 is 35.6 Å². The Morgan fingerprint density at radius 2 is 1.09 bits per heavy atom. The first kappa shape index (κ1) is 70.8. The van der Waals surface area contributed by atoms with Crippen LogP contribution in [-0.4, -0.2) is 123 Å². The first-order valence-electron chi connectivity index (χ1n) is 30.5. The number of hydrogen-bond donors (Lipinski definition) is 5. The maximum absolute atomic E-state index is 12.7. The number of halogens is 4. The third-order valence-electron chi connectivity index (χ3n) is 15.8. The summed E-state index contributed by atoms with van der Waals surface area (Å²) < 4.78 is 58.1. The zero-order valence-electron chi connectivity index (χ0n) is 51.8. The molecule has 3 aliphatic carbocycles. The number of ether oxygens (including phenoxy) is 1. The van der Waals surface area contributed by atoms with Crippen LogP contribution in [0.5, 0.6) is 0 Å². The summed E-state index contributed by atoms with van der Waals surface area (Å²) in [4.78, 5) is 55.0. The normalized spacial score (nSPS) is 18.6.